The Balaban J connectivity index is 1.32. The lowest BCUT2D eigenvalue weighted by molar-refractivity contribution is -0.130. The van der Waals surface area contributed by atoms with Crippen molar-refractivity contribution in [3.8, 4) is 5.75 Å². The molecule has 43 heavy (non-hydrogen) atoms. The number of ether oxygens (including phenoxy) is 1. The van der Waals surface area contributed by atoms with Crippen molar-refractivity contribution in [1.29, 1.82) is 0 Å². The largest absolute Gasteiger partial charge is 0.494 e. The lowest BCUT2D eigenvalue weighted by atomic mass is 10.2. The number of nitrogens with zero attached hydrogens (tertiary/aromatic N) is 5. The number of rotatable bonds is 10. The summed E-state index contributed by atoms with van der Waals surface area (Å²) in [6.07, 6.45) is 3.41. The zero-order valence-electron chi connectivity index (χ0n) is 24.2. The van der Waals surface area contributed by atoms with Gasteiger partial charge in [0.25, 0.3) is 0 Å². The minimum absolute atomic E-state index is 0.0216. The standard InChI is InChI=1S/C29H34ClN7O5S/c1-19(2)43(40,41)25-9-5-4-8-23(25)32-27-21(30)17-31-28(34-27)33-22-11-10-20(16-24(22)42-3)37-15-14-36(29(37)39)18-26(38)35-12-6-7-13-35/h4-5,8-11,16-17,19H,6-7,12-15,18H2,1-3H3,(H2,31,32,33,34). The number of amides is 3. The molecule has 2 saturated heterocycles. The van der Waals surface area contributed by atoms with Crippen molar-refractivity contribution in [2.24, 2.45) is 0 Å². The third-order valence-corrected chi connectivity index (χ3v) is 9.92. The van der Waals surface area contributed by atoms with Gasteiger partial charge in [-0.2, -0.15) is 4.98 Å². The molecule has 14 heteroatoms. The average molecular weight is 628 g/mol. The van der Waals surface area contributed by atoms with Gasteiger partial charge in [0.1, 0.15) is 17.3 Å². The number of halogens is 1. The Kier molecular flexibility index (Phi) is 8.92. The van der Waals surface area contributed by atoms with Gasteiger partial charge in [0, 0.05) is 37.9 Å². The fraction of sp³-hybridized carbons (Fsp3) is 0.379. The first-order valence-corrected chi connectivity index (χ1v) is 15.9. The molecule has 2 aliphatic rings. The monoisotopic (exact) mass is 627 g/mol. The van der Waals surface area contributed by atoms with E-state index in [2.05, 4.69) is 20.6 Å². The molecule has 1 aromatic heterocycles. The number of hydrogen-bond acceptors (Lipinski definition) is 9. The number of para-hydroxylation sites is 1. The second-order valence-corrected chi connectivity index (χ2v) is 13.4. The Bertz CT molecular complexity index is 1630. The maximum Gasteiger partial charge on any atom is 0.325 e. The van der Waals surface area contributed by atoms with Crippen LogP contribution in [0, 0.1) is 0 Å². The average Bonchev–Trinajstić information content (AvgIpc) is 3.66. The van der Waals surface area contributed by atoms with Gasteiger partial charge in [0.05, 0.1) is 34.8 Å². The number of sulfone groups is 1. The van der Waals surface area contributed by atoms with Gasteiger partial charge in [0.2, 0.25) is 11.9 Å². The predicted octanol–water partition coefficient (Wildman–Crippen LogP) is 4.67. The minimum Gasteiger partial charge on any atom is -0.494 e. The lowest BCUT2D eigenvalue weighted by Crippen LogP contribution is -2.41. The first-order chi connectivity index (χ1) is 20.6. The number of nitrogens with one attached hydrogen (secondary N) is 2. The maximum absolute atomic E-state index is 13.1. The molecule has 5 rings (SSSR count). The van der Waals surface area contributed by atoms with Gasteiger partial charge in [-0.15, -0.1) is 0 Å². The molecular formula is C29H34ClN7O5S. The van der Waals surface area contributed by atoms with Crippen LogP contribution in [-0.2, 0) is 14.6 Å². The number of likely N-dealkylation sites (tertiary alicyclic amines) is 1. The number of benzene rings is 2. The molecule has 2 aliphatic heterocycles. The molecule has 0 atom stereocenters. The van der Waals surface area contributed by atoms with Crippen molar-refractivity contribution in [3.63, 3.8) is 0 Å². The Labute approximate surface area is 255 Å². The van der Waals surface area contributed by atoms with Gasteiger partial charge < -0.3 is 25.2 Å². The Morgan fingerprint density at radius 2 is 1.79 bits per heavy atom. The third kappa shape index (κ3) is 6.47. The number of carbonyl (C=O) groups is 2. The number of anilines is 5. The van der Waals surface area contributed by atoms with Crippen LogP contribution in [0.3, 0.4) is 0 Å². The van der Waals surface area contributed by atoms with E-state index in [0.29, 0.717) is 35.9 Å². The van der Waals surface area contributed by atoms with Crippen LogP contribution in [0.2, 0.25) is 5.02 Å². The topological polar surface area (TPSA) is 137 Å². The zero-order valence-corrected chi connectivity index (χ0v) is 25.8. The summed E-state index contributed by atoms with van der Waals surface area (Å²) in [5.41, 5.74) is 1.51. The van der Waals surface area contributed by atoms with Crippen molar-refractivity contribution in [2.75, 3.05) is 55.4 Å². The van der Waals surface area contributed by atoms with E-state index < -0.39 is 15.1 Å². The molecule has 0 radical (unpaired) electrons. The van der Waals surface area contributed by atoms with Crippen molar-refractivity contribution in [2.45, 2.75) is 36.8 Å². The summed E-state index contributed by atoms with van der Waals surface area (Å²) in [5, 5.41) is 5.73. The molecule has 3 amide bonds. The highest BCUT2D eigenvalue weighted by atomic mass is 35.5. The quantitative estimate of drug-likeness (QED) is 0.328. The van der Waals surface area contributed by atoms with E-state index in [-0.39, 0.29) is 40.2 Å². The van der Waals surface area contributed by atoms with Gasteiger partial charge in [0.15, 0.2) is 15.7 Å². The van der Waals surface area contributed by atoms with Gasteiger partial charge in [-0.1, -0.05) is 23.7 Å². The first kappa shape index (κ1) is 30.4. The maximum atomic E-state index is 13.1. The third-order valence-electron chi connectivity index (χ3n) is 7.43. The van der Waals surface area contributed by atoms with E-state index in [1.807, 2.05) is 4.90 Å². The van der Waals surface area contributed by atoms with Crippen molar-refractivity contribution in [3.05, 3.63) is 53.7 Å². The SMILES string of the molecule is COc1cc(N2CCN(CC(=O)N3CCCC3)C2=O)ccc1Nc1ncc(Cl)c(Nc2ccccc2S(=O)(=O)C(C)C)n1. The highest BCUT2D eigenvalue weighted by molar-refractivity contribution is 7.92. The molecule has 0 unspecified atom stereocenters. The van der Waals surface area contributed by atoms with Crippen LogP contribution in [0.4, 0.5) is 33.6 Å². The molecule has 228 valence electrons. The van der Waals surface area contributed by atoms with E-state index in [1.165, 1.54) is 19.4 Å². The van der Waals surface area contributed by atoms with E-state index in [0.717, 1.165) is 25.9 Å². The summed E-state index contributed by atoms with van der Waals surface area (Å²) < 4.78 is 31.4. The second kappa shape index (κ2) is 12.6. The zero-order chi connectivity index (χ0) is 30.7. The first-order valence-electron chi connectivity index (χ1n) is 14.0. The van der Waals surface area contributed by atoms with Gasteiger partial charge in [-0.05, 0) is 51.0 Å². The number of methoxy groups -OCH3 is 1. The highest BCUT2D eigenvalue weighted by Crippen LogP contribution is 2.34. The van der Waals surface area contributed by atoms with Crippen LogP contribution in [0.25, 0.3) is 0 Å². The molecule has 0 spiro atoms. The fourth-order valence-corrected chi connectivity index (χ4v) is 6.32. The van der Waals surface area contributed by atoms with Gasteiger partial charge >= 0.3 is 6.03 Å². The van der Waals surface area contributed by atoms with E-state index in [1.54, 1.807) is 60.0 Å². The molecule has 0 aliphatic carbocycles. The fourth-order valence-electron chi connectivity index (χ4n) is 4.98. The molecule has 0 bridgehead atoms. The Morgan fingerprint density at radius 3 is 2.51 bits per heavy atom. The number of aromatic nitrogens is 2. The molecule has 12 nitrogen and oxygen atoms in total. The molecular weight excluding hydrogens is 594 g/mol. The van der Waals surface area contributed by atoms with Crippen LogP contribution >= 0.6 is 11.6 Å². The van der Waals surface area contributed by atoms with Gasteiger partial charge in [-0.3, -0.25) is 9.69 Å². The molecule has 0 saturated carbocycles. The molecule has 2 N–H and O–H groups in total. The van der Waals surface area contributed by atoms with Crippen LogP contribution in [0.1, 0.15) is 26.7 Å². The summed E-state index contributed by atoms with van der Waals surface area (Å²) in [7, 11) is -2.05. The normalized spacial score (nSPS) is 15.4. The smallest absolute Gasteiger partial charge is 0.325 e. The molecule has 2 aromatic carbocycles. The number of urea groups is 1. The summed E-state index contributed by atoms with van der Waals surface area (Å²) in [6.45, 7) is 5.72. The molecule has 3 aromatic rings. The van der Waals surface area contributed by atoms with E-state index >= 15 is 0 Å². The minimum atomic E-state index is -3.57. The number of hydrogen-bond donors (Lipinski definition) is 2. The summed E-state index contributed by atoms with van der Waals surface area (Å²) >= 11 is 6.37. The van der Waals surface area contributed by atoms with Crippen molar-refractivity contribution >= 4 is 62.2 Å². The highest BCUT2D eigenvalue weighted by Gasteiger charge is 2.33. The van der Waals surface area contributed by atoms with Crippen LogP contribution < -0.4 is 20.3 Å². The van der Waals surface area contributed by atoms with Crippen molar-refractivity contribution in [1.82, 2.24) is 19.8 Å². The van der Waals surface area contributed by atoms with E-state index in [9.17, 15) is 18.0 Å². The van der Waals surface area contributed by atoms with Gasteiger partial charge in [-0.25, -0.2) is 18.2 Å². The van der Waals surface area contributed by atoms with Crippen LogP contribution in [-0.4, -0.2) is 85.2 Å². The Hall–Kier alpha value is -4.10. The number of carbonyl (C=O) groups excluding carboxylic acids is 2. The summed E-state index contributed by atoms with van der Waals surface area (Å²) in [4.78, 5) is 39.6. The van der Waals surface area contributed by atoms with Crippen LogP contribution in [0.15, 0.2) is 53.6 Å². The molecule has 2 fully saturated rings. The summed E-state index contributed by atoms with van der Waals surface area (Å²) in [5.74, 6) is 0.823. The van der Waals surface area contributed by atoms with Crippen LogP contribution in [0.5, 0.6) is 5.75 Å². The lowest BCUT2D eigenvalue weighted by Gasteiger charge is -2.22. The summed E-state index contributed by atoms with van der Waals surface area (Å²) in [6, 6.07) is 11.6. The Morgan fingerprint density at radius 1 is 1.05 bits per heavy atom. The van der Waals surface area contributed by atoms with Crippen molar-refractivity contribution < 1.29 is 22.7 Å². The predicted molar refractivity (Wildman–Crippen MR) is 165 cm³/mol. The van der Waals surface area contributed by atoms with E-state index in [4.69, 9.17) is 16.3 Å². The molecule has 3 heterocycles. The second-order valence-electron chi connectivity index (χ2n) is 10.6.